The second kappa shape index (κ2) is 9.56. The van der Waals surface area contributed by atoms with Crippen molar-refractivity contribution in [2.75, 3.05) is 20.2 Å². The van der Waals surface area contributed by atoms with Crippen LogP contribution in [0.4, 0.5) is 4.79 Å². The van der Waals surface area contributed by atoms with Gasteiger partial charge in [-0.2, -0.15) is 0 Å². The molecular formula is C12H21N3O6. The Labute approximate surface area is 122 Å². The number of hydrogen-bond donors (Lipinski definition) is 3. The van der Waals surface area contributed by atoms with Crippen LogP contribution in [-0.2, 0) is 19.1 Å². The number of aliphatic carboxylic acids is 1. The van der Waals surface area contributed by atoms with E-state index in [0.717, 1.165) is 4.90 Å². The lowest BCUT2D eigenvalue weighted by Crippen LogP contribution is -2.47. The van der Waals surface area contributed by atoms with Gasteiger partial charge in [0.1, 0.15) is 6.04 Å². The average Bonchev–Trinajstić information content (AvgIpc) is 2.40. The molecule has 0 saturated heterocycles. The SMILES string of the molecule is CCOC(=O)CCN(C)C(=O)N[C@H](CCC(N)=O)C(=O)O. The molecule has 0 spiro atoms. The third-order valence-corrected chi connectivity index (χ3v) is 2.58. The molecule has 0 aliphatic heterocycles. The molecule has 0 aromatic rings. The molecule has 0 saturated carbocycles. The van der Waals surface area contributed by atoms with Crippen molar-refractivity contribution in [1.82, 2.24) is 10.2 Å². The maximum absolute atomic E-state index is 11.8. The molecular weight excluding hydrogens is 282 g/mol. The van der Waals surface area contributed by atoms with E-state index in [9.17, 15) is 19.2 Å². The number of primary amides is 1. The molecule has 0 aliphatic rings. The number of nitrogens with zero attached hydrogens (tertiary/aromatic N) is 1. The molecule has 0 radical (unpaired) electrons. The third-order valence-electron chi connectivity index (χ3n) is 2.58. The molecule has 9 nitrogen and oxygen atoms in total. The minimum atomic E-state index is -1.26. The normalized spacial score (nSPS) is 11.3. The molecule has 0 aromatic heterocycles. The summed E-state index contributed by atoms with van der Waals surface area (Å²) in [6.07, 6.45) is -0.233. The first-order valence-corrected chi connectivity index (χ1v) is 6.46. The fraction of sp³-hybridized carbons (Fsp3) is 0.667. The average molecular weight is 303 g/mol. The van der Waals surface area contributed by atoms with E-state index >= 15 is 0 Å². The number of ether oxygens (including phenoxy) is 1. The van der Waals surface area contributed by atoms with E-state index in [2.05, 4.69) is 5.32 Å². The maximum Gasteiger partial charge on any atom is 0.326 e. The Morgan fingerprint density at radius 1 is 1.29 bits per heavy atom. The van der Waals surface area contributed by atoms with Gasteiger partial charge in [-0.25, -0.2) is 9.59 Å². The molecule has 3 amide bonds. The number of carbonyl (C=O) groups excluding carboxylic acids is 3. The Morgan fingerprint density at radius 2 is 1.90 bits per heavy atom. The molecule has 1 atom stereocenters. The molecule has 0 fully saturated rings. The van der Waals surface area contributed by atoms with Crippen molar-refractivity contribution >= 4 is 23.9 Å². The molecule has 120 valence electrons. The molecule has 0 rings (SSSR count). The summed E-state index contributed by atoms with van der Waals surface area (Å²) < 4.78 is 4.71. The van der Waals surface area contributed by atoms with Crippen molar-refractivity contribution in [3.05, 3.63) is 0 Å². The van der Waals surface area contributed by atoms with Crippen molar-refractivity contribution in [3.8, 4) is 0 Å². The van der Waals surface area contributed by atoms with Gasteiger partial charge in [0, 0.05) is 20.0 Å². The van der Waals surface area contributed by atoms with Gasteiger partial charge in [-0.05, 0) is 13.3 Å². The number of esters is 1. The van der Waals surface area contributed by atoms with Crippen molar-refractivity contribution in [2.24, 2.45) is 5.73 Å². The van der Waals surface area contributed by atoms with Crippen molar-refractivity contribution in [1.29, 1.82) is 0 Å². The number of carboxylic acids is 1. The number of urea groups is 1. The van der Waals surface area contributed by atoms with Crippen LogP contribution in [0.25, 0.3) is 0 Å². The Kier molecular flexibility index (Phi) is 8.51. The zero-order valence-corrected chi connectivity index (χ0v) is 12.1. The smallest absolute Gasteiger partial charge is 0.326 e. The highest BCUT2D eigenvalue weighted by atomic mass is 16.5. The van der Waals surface area contributed by atoms with Gasteiger partial charge in [-0.1, -0.05) is 0 Å². The van der Waals surface area contributed by atoms with Crippen LogP contribution >= 0.6 is 0 Å². The highest BCUT2D eigenvalue weighted by Crippen LogP contribution is 2.00. The third kappa shape index (κ3) is 8.45. The number of nitrogens with one attached hydrogen (secondary N) is 1. The molecule has 0 aliphatic carbocycles. The number of hydrogen-bond acceptors (Lipinski definition) is 5. The minimum Gasteiger partial charge on any atom is -0.480 e. The Balaban J connectivity index is 4.30. The van der Waals surface area contributed by atoms with Gasteiger partial charge in [-0.3, -0.25) is 9.59 Å². The van der Waals surface area contributed by atoms with Gasteiger partial charge in [0.25, 0.3) is 0 Å². The van der Waals surface area contributed by atoms with Crippen LogP contribution in [-0.4, -0.2) is 60.1 Å². The lowest BCUT2D eigenvalue weighted by atomic mass is 10.1. The number of carboxylic acid groups (broad SMARTS) is 1. The summed E-state index contributed by atoms with van der Waals surface area (Å²) in [5.41, 5.74) is 4.93. The number of carbonyl (C=O) groups is 4. The first kappa shape index (κ1) is 18.7. The highest BCUT2D eigenvalue weighted by molar-refractivity contribution is 5.83. The van der Waals surface area contributed by atoms with Crippen molar-refractivity contribution < 1.29 is 29.0 Å². The van der Waals surface area contributed by atoms with E-state index in [4.69, 9.17) is 15.6 Å². The standard InChI is InChI=1S/C12H21N3O6/c1-3-21-10(17)6-7-15(2)12(20)14-8(11(18)19)4-5-9(13)16/h8H,3-7H2,1-2H3,(H2,13,16)(H,14,20)(H,18,19)/t8-/m1/s1. The summed E-state index contributed by atoms with van der Waals surface area (Å²) in [5, 5.41) is 11.2. The van der Waals surface area contributed by atoms with E-state index in [1.54, 1.807) is 6.92 Å². The summed E-state index contributed by atoms with van der Waals surface area (Å²) in [6.45, 7) is 2.01. The van der Waals surface area contributed by atoms with E-state index in [1.807, 2.05) is 0 Å². The highest BCUT2D eigenvalue weighted by Gasteiger charge is 2.22. The predicted molar refractivity (Wildman–Crippen MR) is 72.3 cm³/mol. The molecule has 0 aromatic carbocycles. The molecule has 9 heteroatoms. The fourth-order valence-electron chi connectivity index (χ4n) is 1.40. The van der Waals surface area contributed by atoms with Crippen LogP contribution in [0.5, 0.6) is 0 Å². The van der Waals surface area contributed by atoms with Crippen molar-refractivity contribution in [3.63, 3.8) is 0 Å². The number of nitrogens with two attached hydrogens (primary N) is 1. The Hall–Kier alpha value is -2.32. The van der Waals surface area contributed by atoms with Crippen molar-refractivity contribution in [2.45, 2.75) is 32.2 Å². The Bertz CT molecular complexity index is 398. The van der Waals surface area contributed by atoms with Crippen LogP contribution in [0.1, 0.15) is 26.2 Å². The predicted octanol–water partition coefficient (Wildman–Crippen LogP) is -0.700. The van der Waals surface area contributed by atoms with E-state index in [1.165, 1.54) is 7.05 Å². The van der Waals surface area contributed by atoms with Crippen LogP contribution in [0.2, 0.25) is 0 Å². The quantitative estimate of drug-likeness (QED) is 0.481. The monoisotopic (exact) mass is 303 g/mol. The summed E-state index contributed by atoms with van der Waals surface area (Å²) in [4.78, 5) is 45.7. The van der Waals surface area contributed by atoms with Gasteiger partial charge in [-0.15, -0.1) is 0 Å². The summed E-state index contributed by atoms with van der Waals surface area (Å²) in [5.74, 6) is -2.35. The zero-order valence-electron chi connectivity index (χ0n) is 12.1. The first-order chi connectivity index (χ1) is 9.77. The van der Waals surface area contributed by atoms with Crippen LogP contribution in [0.3, 0.4) is 0 Å². The topological polar surface area (TPSA) is 139 Å². The number of rotatable bonds is 9. The molecule has 0 bridgehead atoms. The minimum absolute atomic E-state index is 0.0107. The van der Waals surface area contributed by atoms with Crippen LogP contribution in [0, 0.1) is 0 Å². The second-order valence-electron chi connectivity index (χ2n) is 4.32. The molecule has 4 N–H and O–H groups in total. The molecule has 0 heterocycles. The van der Waals surface area contributed by atoms with E-state index in [-0.39, 0.29) is 32.4 Å². The van der Waals surface area contributed by atoms with Crippen LogP contribution in [0.15, 0.2) is 0 Å². The van der Waals surface area contributed by atoms with E-state index in [0.29, 0.717) is 0 Å². The van der Waals surface area contributed by atoms with E-state index < -0.39 is 29.9 Å². The van der Waals surface area contributed by atoms with Crippen LogP contribution < -0.4 is 11.1 Å². The summed E-state index contributed by atoms with van der Waals surface area (Å²) in [6, 6.07) is -1.87. The van der Waals surface area contributed by atoms with Gasteiger partial charge in [0.2, 0.25) is 5.91 Å². The Morgan fingerprint density at radius 3 is 2.38 bits per heavy atom. The lowest BCUT2D eigenvalue weighted by molar-refractivity contribution is -0.143. The number of amides is 3. The second-order valence-corrected chi connectivity index (χ2v) is 4.32. The molecule has 0 unspecified atom stereocenters. The van der Waals surface area contributed by atoms with Gasteiger partial charge < -0.3 is 25.8 Å². The fourth-order valence-corrected chi connectivity index (χ4v) is 1.40. The van der Waals surface area contributed by atoms with Gasteiger partial charge >= 0.3 is 18.0 Å². The zero-order chi connectivity index (χ0) is 16.4. The summed E-state index contributed by atoms with van der Waals surface area (Å²) in [7, 11) is 1.42. The first-order valence-electron chi connectivity index (χ1n) is 6.46. The lowest BCUT2D eigenvalue weighted by Gasteiger charge is -2.20. The largest absolute Gasteiger partial charge is 0.480 e. The van der Waals surface area contributed by atoms with Gasteiger partial charge in [0.05, 0.1) is 13.0 Å². The summed E-state index contributed by atoms with van der Waals surface area (Å²) >= 11 is 0. The van der Waals surface area contributed by atoms with Gasteiger partial charge in [0.15, 0.2) is 0 Å². The maximum atomic E-state index is 11.8. The molecule has 21 heavy (non-hydrogen) atoms.